The molecule has 0 fully saturated rings. The third-order valence-corrected chi connectivity index (χ3v) is 3.33. The molecule has 2 rings (SSSR count). The van der Waals surface area contributed by atoms with Crippen molar-refractivity contribution in [3.63, 3.8) is 0 Å². The molecule has 6 heteroatoms. The predicted octanol–water partition coefficient (Wildman–Crippen LogP) is -1.89. The van der Waals surface area contributed by atoms with Gasteiger partial charge in [-0.25, -0.2) is 4.98 Å². The van der Waals surface area contributed by atoms with Gasteiger partial charge in [0.15, 0.2) is 12.4 Å². The number of rotatable bonds is 3. The van der Waals surface area contributed by atoms with Gasteiger partial charge in [0.05, 0.1) is 0 Å². The third kappa shape index (κ3) is 3.18. The maximum atomic E-state index is 12.3. The lowest BCUT2D eigenvalue weighted by atomic mass is 10.0. The Labute approximate surface area is 134 Å². The normalized spacial score (nSPS) is 10.2. The first-order valence-corrected chi connectivity index (χ1v) is 6.58. The van der Waals surface area contributed by atoms with Gasteiger partial charge in [0.2, 0.25) is 0 Å². The highest BCUT2D eigenvalue weighted by molar-refractivity contribution is 5.74. The van der Waals surface area contributed by atoms with Crippen LogP contribution in [0.1, 0.15) is 29.2 Å². The summed E-state index contributed by atoms with van der Waals surface area (Å²) in [6.07, 6.45) is 6.99. The minimum atomic E-state index is -0.519. The molecule has 0 spiro atoms. The smallest absolute Gasteiger partial charge is 0.268 e. The Bertz CT molecular complexity index is 790. The van der Waals surface area contributed by atoms with E-state index in [1.165, 1.54) is 0 Å². The predicted molar refractivity (Wildman–Crippen MR) is 77.2 cm³/mol. The van der Waals surface area contributed by atoms with Crippen molar-refractivity contribution in [1.29, 1.82) is 5.26 Å². The summed E-state index contributed by atoms with van der Waals surface area (Å²) in [7, 11) is 0. The van der Waals surface area contributed by atoms with Gasteiger partial charge in [-0.3, -0.25) is 4.79 Å². The molecular formula is C16H15ClN3O2-. The molecule has 0 aliphatic heterocycles. The Morgan fingerprint density at radius 3 is 2.55 bits per heavy atom. The van der Waals surface area contributed by atoms with E-state index in [2.05, 4.69) is 4.98 Å². The molecule has 0 aromatic carbocycles. The minimum Gasteiger partial charge on any atom is -1.00 e. The lowest BCUT2D eigenvalue weighted by molar-refractivity contribution is -0.378. The molecule has 114 valence electrons. The highest BCUT2D eigenvalue weighted by Gasteiger charge is 2.11. The summed E-state index contributed by atoms with van der Waals surface area (Å²) in [6.45, 7) is 3.58. The van der Waals surface area contributed by atoms with Crippen LogP contribution in [0.4, 0.5) is 0 Å². The van der Waals surface area contributed by atoms with Crippen molar-refractivity contribution in [3.05, 3.63) is 57.1 Å². The van der Waals surface area contributed by atoms with Crippen molar-refractivity contribution in [1.82, 2.24) is 4.57 Å². The lowest BCUT2D eigenvalue weighted by Crippen LogP contribution is -3.00. The van der Waals surface area contributed by atoms with Gasteiger partial charge in [-0.15, -0.1) is 0 Å². The highest BCUT2D eigenvalue weighted by atomic mass is 35.5. The molecule has 0 amide bonds. The number of halogens is 1. The fourth-order valence-electron chi connectivity index (χ4n) is 2.13. The second-order valence-electron chi connectivity index (χ2n) is 4.55. The quantitative estimate of drug-likeness (QED) is 0.664. The second-order valence-corrected chi connectivity index (χ2v) is 4.55. The molecule has 0 bridgehead atoms. The van der Waals surface area contributed by atoms with Gasteiger partial charge in [0.25, 0.3) is 5.56 Å². The fourth-order valence-corrected chi connectivity index (χ4v) is 2.13. The molecule has 0 atom stereocenters. The zero-order chi connectivity index (χ0) is 15.4. The van der Waals surface area contributed by atoms with E-state index in [-0.39, 0.29) is 30.4 Å². The van der Waals surface area contributed by atoms with Crippen molar-refractivity contribution >= 4 is 12.2 Å². The first kappa shape index (κ1) is 17.5. The molecule has 1 N–H and O–H groups in total. The van der Waals surface area contributed by atoms with Gasteiger partial charge >= 0.3 is 0 Å². The lowest BCUT2D eigenvalue weighted by Gasteiger charge is -2.20. The van der Waals surface area contributed by atoms with Gasteiger partial charge in [-0.2, -0.15) is 5.26 Å². The number of aromatic nitrogens is 2. The van der Waals surface area contributed by atoms with Crippen molar-refractivity contribution in [2.45, 2.75) is 20.4 Å². The Hall–Kier alpha value is -2.58. The largest absolute Gasteiger partial charge is 1.00 e. The number of nitriles is 1. The Morgan fingerprint density at radius 1 is 1.36 bits per heavy atom. The Morgan fingerprint density at radius 2 is 2.00 bits per heavy atom. The van der Waals surface area contributed by atoms with Crippen molar-refractivity contribution < 1.29 is 22.5 Å². The van der Waals surface area contributed by atoms with Crippen molar-refractivity contribution in [2.75, 3.05) is 0 Å². The summed E-state index contributed by atoms with van der Waals surface area (Å²) in [5.41, 5.74) is 1.23. The number of aromatic amines is 1. The SMILES string of the molecule is CCn1c([O-])c(/C=C/c2cc[nH+]cc2)c(C)c(C#N)c1=O.[Cl-]. The summed E-state index contributed by atoms with van der Waals surface area (Å²) >= 11 is 0. The maximum Gasteiger partial charge on any atom is 0.268 e. The number of hydrogen-bond donors (Lipinski definition) is 0. The number of hydrogen-bond acceptors (Lipinski definition) is 3. The van der Waals surface area contributed by atoms with E-state index in [9.17, 15) is 9.90 Å². The molecule has 0 aliphatic carbocycles. The summed E-state index contributed by atoms with van der Waals surface area (Å²) in [4.78, 5) is 14.9. The topological polar surface area (TPSA) is 83.0 Å². The van der Waals surface area contributed by atoms with Crippen LogP contribution in [0.25, 0.3) is 12.2 Å². The van der Waals surface area contributed by atoms with Gasteiger partial charge in [-0.05, 0) is 36.4 Å². The zero-order valence-corrected chi connectivity index (χ0v) is 13.0. The van der Waals surface area contributed by atoms with E-state index >= 15 is 0 Å². The van der Waals surface area contributed by atoms with Crippen LogP contribution < -0.4 is 28.1 Å². The van der Waals surface area contributed by atoms with Crippen molar-refractivity contribution in [3.8, 4) is 11.9 Å². The van der Waals surface area contributed by atoms with E-state index in [1.807, 2.05) is 18.2 Å². The molecule has 2 heterocycles. The van der Waals surface area contributed by atoms with Gasteiger partial charge < -0.3 is 22.1 Å². The standard InChI is InChI=1S/C16H15N3O2.ClH/c1-3-19-15(20)13(11(2)14(10-17)16(19)21)5-4-12-6-8-18-9-7-12;/h4-9,20H,3H2,1-2H3;1H/p-1/b5-4+;. The van der Waals surface area contributed by atoms with E-state index in [0.29, 0.717) is 11.1 Å². The second kappa shape index (κ2) is 7.43. The summed E-state index contributed by atoms with van der Waals surface area (Å²) in [6, 6.07) is 5.61. The zero-order valence-electron chi connectivity index (χ0n) is 12.3. The first-order valence-electron chi connectivity index (χ1n) is 6.58. The molecule has 0 aliphatic rings. The molecule has 0 saturated carbocycles. The monoisotopic (exact) mass is 316 g/mol. The average molecular weight is 317 g/mol. The molecule has 22 heavy (non-hydrogen) atoms. The fraction of sp³-hybridized carbons (Fsp3) is 0.188. The molecule has 2 aromatic heterocycles. The van der Waals surface area contributed by atoms with E-state index in [4.69, 9.17) is 5.26 Å². The summed E-state index contributed by atoms with van der Waals surface area (Å²) < 4.78 is 1.09. The van der Waals surface area contributed by atoms with E-state index in [0.717, 1.165) is 10.1 Å². The number of nitrogens with one attached hydrogen (secondary N) is 1. The molecule has 0 unspecified atom stereocenters. The van der Waals surface area contributed by atoms with Crippen LogP contribution in [-0.4, -0.2) is 4.57 Å². The van der Waals surface area contributed by atoms with Gasteiger partial charge in [0, 0.05) is 18.7 Å². The van der Waals surface area contributed by atoms with Crippen LogP contribution in [0.3, 0.4) is 0 Å². The van der Waals surface area contributed by atoms with Crippen molar-refractivity contribution in [2.24, 2.45) is 0 Å². The third-order valence-electron chi connectivity index (χ3n) is 3.33. The summed E-state index contributed by atoms with van der Waals surface area (Å²) in [5, 5.41) is 21.5. The Balaban J connectivity index is 0.00000242. The van der Waals surface area contributed by atoms with Gasteiger partial charge in [0.1, 0.15) is 11.6 Å². The first-order chi connectivity index (χ1) is 10.1. The van der Waals surface area contributed by atoms with E-state index < -0.39 is 5.56 Å². The molecule has 0 saturated heterocycles. The van der Waals surface area contributed by atoms with Crippen LogP contribution >= 0.6 is 0 Å². The van der Waals surface area contributed by atoms with Crippen LogP contribution in [0.5, 0.6) is 5.88 Å². The number of pyridine rings is 2. The number of H-pyrrole nitrogens is 1. The Kier molecular flexibility index (Phi) is 5.90. The highest BCUT2D eigenvalue weighted by Crippen LogP contribution is 2.21. The molecule has 2 aromatic rings. The summed E-state index contributed by atoms with van der Waals surface area (Å²) in [5.74, 6) is -0.363. The van der Waals surface area contributed by atoms with E-state index in [1.54, 1.807) is 38.4 Å². The van der Waals surface area contributed by atoms with Crippen LogP contribution in [0.15, 0.2) is 29.3 Å². The van der Waals surface area contributed by atoms with Crippen LogP contribution in [0.2, 0.25) is 0 Å². The van der Waals surface area contributed by atoms with Gasteiger partial charge in [-0.1, -0.05) is 12.2 Å². The maximum absolute atomic E-state index is 12.3. The molecular weight excluding hydrogens is 302 g/mol. The minimum absolute atomic E-state index is 0. The average Bonchev–Trinajstić information content (AvgIpc) is 2.49. The van der Waals surface area contributed by atoms with Crippen LogP contribution in [-0.2, 0) is 6.54 Å². The number of nitrogens with zero attached hydrogens (tertiary/aromatic N) is 2. The molecule has 0 radical (unpaired) electrons. The van der Waals surface area contributed by atoms with Crippen LogP contribution in [0, 0.1) is 18.3 Å². The molecule has 5 nitrogen and oxygen atoms in total.